The molecule has 1 saturated heterocycles. The fourth-order valence-electron chi connectivity index (χ4n) is 3.97. The van der Waals surface area contributed by atoms with E-state index in [1.54, 1.807) is 14.2 Å². The summed E-state index contributed by atoms with van der Waals surface area (Å²) in [7, 11) is 5.68. The number of nitrogens with zero attached hydrogens (tertiary/aromatic N) is 2. The standard InChI is InChI=1S/C21H26N2O2S.C4H4O4/c1-22-8-10-23(11-9-22)19-12-15-4-5-17(25-3)14-21(15)26-20-7-6-16(24-2)13-18(19)20;5-3(6)1-2-4(7)8/h4-7,13-14,19H,8-12H2,1-3H3;1-2H,(H,5,6)(H,7,8)/b;2-1-. The van der Waals surface area contributed by atoms with E-state index in [1.807, 2.05) is 11.8 Å². The second-order valence-corrected chi connectivity index (χ2v) is 9.13. The van der Waals surface area contributed by atoms with Crippen LogP contribution in [0.25, 0.3) is 0 Å². The molecule has 2 aliphatic heterocycles. The Hall–Kier alpha value is -3.01. The number of fused-ring (bicyclic) bond motifs is 2. The van der Waals surface area contributed by atoms with Crippen molar-refractivity contribution in [1.29, 1.82) is 0 Å². The SMILES string of the molecule is COc1ccc2c(c1)Sc1ccc(OC)cc1C(N1CCN(C)CC1)C2.O=C(O)/C=C\C(=O)O. The van der Waals surface area contributed by atoms with Crippen LogP contribution in [0.3, 0.4) is 0 Å². The molecule has 2 N–H and O–H groups in total. The van der Waals surface area contributed by atoms with Crippen molar-refractivity contribution in [1.82, 2.24) is 9.80 Å². The fraction of sp³-hybridized carbons (Fsp3) is 0.360. The maximum Gasteiger partial charge on any atom is 0.328 e. The van der Waals surface area contributed by atoms with E-state index in [9.17, 15) is 9.59 Å². The lowest BCUT2D eigenvalue weighted by molar-refractivity contribution is -0.134. The van der Waals surface area contributed by atoms with Crippen molar-refractivity contribution < 1.29 is 29.3 Å². The first-order valence-corrected chi connectivity index (χ1v) is 11.7. The van der Waals surface area contributed by atoms with Crippen molar-refractivity contribution in [2.24, 2.45) is 0 Å². The number of rotatable bonds is 5. The molecule has 0 spiro atoms. The number of carbonyl (C=O) groups is 2. The Kier molecular flexibility index (Phi) is 8.98. The lowest BCUT2D eigenvalue weighted by Crippen LogP contribution is -2.46. The van der Waals surface area contributed by atoms with Gasteiger partial charge in [-0.2, -0.15) is 0 Å². The number of hydrogen-bond acceptors (Lipinski definition) is 7. The van der Waals surface area contributed by atoms with E-state index in [0.717, 1.165) is 44.1 Å². The van der Waals surface area contributed by atoms with Crippen LogP contribution >= 0.6 is 11.8 Å². The largest absolute Gasteiger partial charge is 0.497 e. The monoisotopic (exact) mass is 486 g/mol. The van der Waals surface area contributed by atoms with Crippen molar-refractivity contribution in [2.45, 2.75) is 22.3 Å². The van der Waals surface area contributed by atoms with Gasteiger partial charge in [-0.1, -0.05) is 17.8 Å². The van der Waals surface area contributed by atoms with Crippen molar-refractivity contribution in [3.05, 3.63) is 59.7 Å². The lowest BCUT2D eigenvalue weighted by atomic mass is 9.96. The van der Waals surface area contributed by atoms with Crippen LogP contribution in [-0.4, -0.2) is 79.4 Å². The van der Waals surface area contributed by atoms with Gasteiger partial charge in [0.15, 0.2) is 0 Å². The zero-order valence-corrected chi connectivity index (χ0v) is 20.4. The Balaban J connectivity index is 0.000000350. The highest BCUT2D eigenvalue weighted by Gasteiger charge is 2.30. The smallest absolute Gasteiger partial charge is 0.328 e. The fourth-order valence-corrected chi connectivity index (χ4v) is 5.11. The molecule has 0 aliphatic carbocycles. The van der Waals surface area contributed by atoms with Gasteiger partial charge < -0.3 is 24.6 Å². The number of hydrogen-bond donors (Lipinski definition) is 2. The minimum absolute atomic E-state index is 0.385. The summed E-state index contributed by atoms with van der Waals surface area (Å²) in [6, 6.07) is 13.4. The summed E-state index contributed by atoms with van der Waals surface area (Å²) in [6.07, 6.45) is 2.14. The zero-order valence-electron chi connectivity index (χ0n) is 19.6. The predicted octanol–water partition coefficient (Wildman–Crippen LogP) is 3.41. The van der Waals surface area contributed by atoms with Gasteiger partial charge >= 0.3 is 11.9 Å². The van der Waals surface area contributed by atoms with Crippen LogP contribution in [0.2, 0.25) is 0 Å². The van der Waals surface area contributed by atoms with Gasteiger partial charge in [-0.3, -0.25) is 4.90 Å². The molecule has 182 valence electrons. The molecule has 9 heteroatoms. The molecular weight excluding hydrogens is 456 g/mol. The Morgan fingerprint density at radius 2 is 1.50 bits per heavy atom. The van der Waals surface area contributed by atoms with E-state index >= 15 is 0 Å². The van der Waals surface area contributed by atoms with Gasteiger partial charge in [-0.15, -0.1) is 0 Å². The topological polar surface area (TPSA) is 99.5 Å². The van der Waals surface area contributed by atoms with Crippen LogP contribution < -0.4 is 9.47 Å². The lowest BCUT2D eigenvalue weighted by Gasteiger charge is -2.38. The summed E-state index contributed by atoms with van der Waals surface area (Å²) < 4.78 is 11.0. The van der Waals surface area contributed by atoms with Crippen LogP contribution in [0.5, 0.6) is 11.5 Å². The number of carboxylic acids is 2. The molecule has 2 aromatic carbocycles. The molecule has 2 heterocycles. The molecule has 1 fully saturated rings. The van der Waals surface area contributed by atoms with E-state index in [-0.39, 0.29) is 0 Å². The van der Waals surface area contributed by atoms with Gasteiger partial charge in [-0.25, -0.2) is 9.59 Å². The van der Waals surface area contributed by atoms with Gasteiger partial charge in [-0.05, 0) is 54.9 Å². The number of piperazine rings is 1. The Bertz CT molecular complexity index is 1030. The first-order chi connectivity index (χ1) is 16.3. The number of methoxy groups -OCH3 is 2. The van der Waals surface area contributed by atoms with E-state index < -0.39 is 11.9 Å². The molecule has 1 unspecified atom stereocenters. The number of likely N-dealkylation sites (N-methyl/N-ethyl adjacent to an activating group) is 1. The molecule has 0 amide bonds. The van der Waals surface area contributed by atoms with Gasteiger partial charge in [0.1, 0.15) is 11.5 Å². The van der Waals surface area contributed by atoms with Crippen molar-refractivity contribution in [2.75, 3.05) is 47.4 Å². The molecule has 8 nitrogen and oxygen atoms in total. The highest BCUT2D eigenvalue weighted by Crippen LogP contribution is 2.45. The molecule has 0 radical (unpaired) electrons. The third kappa shape index (κ3) is 6.75. The predicted molar refractivity (Wildman–Crippen MR) is 130 cm³/mol. The molecule has 0 bridgehead atoms. The Morgan fingerprint density at radius 3 is 2.09 bits per heavy atom. The summed E-state index contributed by atoms with van der Waals surface area (Å²) in [5.74, 6) is -0.656. The second-order valence-electron chi connectivity index (χ2n) is 8.05. The quantitative estimate of drug-likeness (QED) is 0.616. The number of carboxylic acid groups (broad SMARTS) is 2. The van der Waals surface area contributed by atoms with Gasteiger partial charge in [0.2, 0.25) is 0 Å². The Morgan fingerprint density at radius 1 is 0.912 bits per heavy atom. The van der Waals surface area contributed by atoms with Crippen molar-refractivity contribution in [3.63, 3.8) is 0 Å². The van der Waals surface area contributed by atoms with E-state index in [0.29, 0.717) is 18.2 Å². The normalized spacial score (nSPS) is 18.1. The summed E-state index contributed by atoms with van der Waals surface area (Å²) in [6.45, 7) is 4.46. The summed E-state index contributed by atoms with van der Waals surface area (Å²) in [5, 5.41) is 15.6. The highest BCUT2D eigenvalue weighted by molar-refractivity contribution is 7.99. The van der Waals surface area contributed by atoms with Gasteiger partial charge in [0.25, 0.3) is 0 Å². The average molecular weight is 487 g/mol. The summed E-state index contributed by atoms with van der Waals surface area (Å²) >= 11 is 1.85. The van der Waals surface area contributed by atoms with Crippen molar-refractivity contribution >= 4 is 23.7 Å². The van der Waals surface area contributed by atoms with Crippen LogP contribution in [0.15, 0.2) is 58.3 Å². The van der Waals surface area contributed by atoms with E-state index in [4.69, 9.17) is 19.7 Å². The van der Waals surface area contributed by atoms with Crippen LogP contribution in [0.4, 0.5) is 0 Å². The molecule has 2 aromatic rings. The average Bonchev–Trinajstić information content (AvgIpc) is 2.99. The first-order valence-electron chi connectivity index (χ1n) is 10.9. The molecule has 2 aliphatic rings. The summed E-state index contributed by atoms with van der Waals surface area (Å²) in [5.41, 5.74) is 2.78. The van der Waals surface area contributed by atoms with Crippen LogP contribution in [0.1, 0.15) is 17.2 Å². The molecule has 0 saturated carbocycles. The molecule has 4 rings (SSSR count). The highest BCUT2D eigenvalue weighted by atomic mass is 32.2. The maximum atomic E-state index is 9.55. The molecular formula is C25H30N2O6S. The maximum absolute atomic E-state index is 9.55. The molecule has 1 atom stereocenters. The second kappa shape index (κ2) is 11.9. The third-order valence-electron chi connectivity index (χ3n) is 5.83. The molecule has 34 heavy (non-hydrogen) atoms. The first kappa shape index (κ1) is 25.6. The number of benzene rings is 2. The van der Waals surface area contributed by atoms with Crippen molar-refractivity contribution in [3.8, 4) is 11.5 Å². The Labute approximate surface area is 203 Å². The van der Waals surface area contributed by atoms with Gasteiger partial charge in [0, 0.05) is 54.2 Å². The van der Waals surface area contributed by atoms with Crippen LogP contribution in [-0.2, 0) is 16.0 Å². The summed E-state index contributed by atoms with van der Waals surface area (Å²) in [4.78, 5) is 26.8. The van der Waals surface area contributed by atoms with E-state index in [2.05, 4.69) is 53.2 Å². The molecule has 0 aromatic heterocycles. The van der Waals surface area contributed by atoms with Crippen LogP contribution in [0, 0.1) is 0 Å². The minimum Gasteiger partial charge on any atom is -0.497 e. The van der Waals surface area contributed by atoms with E-state index in [1.165, 1.54) is 20.9 Å². The third-order valence-corrected chi connectivity index (χ3v) is 7.02. The number of ether oxygens (including phenoxy) is 2. The number of aliphatic carboxylic acids is 2. The van der Waals surface area contributed by atoms with Gasteiger partial charge in [0.05, 0.1) is 14.2 Å². The zero-order chi connectivity index (χ0) is 24.7. The minimum atomic E-state index is -1.26.